The third-order valence-electron chi connectivity index (χ3n) is 17.5. The number of piperazine rings is 2. The molecule has 522 valence electrons. The molecule has 3 fully saturated rings. The fraction of sp³-hybridized carbons (Fsp3) is 0.319. The van der Waals surface area contributed by atoms with E-state index in [0.29, 0.717) is 22.9 Å². The number of nitrogens with zero attached hydrogens (tertiary/aromatic N) is 7. The van der Waals surface area contributed by atoms with Crippen molar-refractivity contribution < 1.29 is 62.4 Å². The van der Waals surface area contributed by atoms with Gasteiger partial charge in [-0.25, -0.2) is 44.4 Å². The van der Waals surface area contributed by atoms with E-state index < -0.39 is 102 Å². The van der Waals surface area contributed by atoms with Crippen LogP contribution in [0.25, 0.3) is 33.2 Å². The van der Waals surface area contributed by atoms with Crippen LogP contribution in [-0.2, 0) is 29.4 Å². The lowest BCUT2D eigenvalue weighted by Gasteiger charge is -2.34. The molecule has 0 aliphatic carbocycles. The highest BCUT2D eigenvalue weighted by molar-refractivity contribution is 9.10. The van der Waals surface area contributed by atoms with Gasteiger partial charge in [0.1, 0.15) is 22.9 Å². The van der Waals surface area contributed by atoms with Gasteiger partial charge in [-0.1, -0.05) is 71.2 Å². The quantitative estimate of drug-likeness (QED) is 0.0438. The molecule has 3 saturated heterocycles. The fourth-order valence-corrected chi connectivity index (χ4v) is 14.4. The second-order valence-corrected chi connectivity index (χ2v) is 30.5. The van der Waals surface area contributed by atoms with Gasteiger partial charge in [0.2, 0.25) is 31.6 Å². The van der Waals surface area contributed by atoms with Gasteiger partial charge in [-0.05, 0) is 145 Å². The number of anilines is 4. The molecule has 0 spiro atoms. The molecule has 3 aliphatic rings. The Morgan fingerprint density at radius 3 is 1.59 bits per heavy atom. The zero-order valence-electron chi connectivity index (χ0n) is 55.0. The van der Waals surface area contributed by atoms with Gasteiger partial charge in [0, 0.05) is 125 Å². The van der Waals surface area contributed by atoms with E-state index in [4.69, 9.17) is 32.5 Å². The summed E-state index contributed by atoms with van der Waals surface area (Å²) >= 11 is 16.0. The van der Waals surface area contributed by atoms with Gasteiger partial charge >= 0.3 is 7.12 Å². The molecule has 19 nitrogen and oxygen atoms in total. The largest absolute Gasteiger partial charge is 0.496 e. The molecule has 0 atom stereocenters. The molecule has 7 heterocycles. The summed E-state index contributed by atoms with van der Waals surface area (Å²) in [6.45, 7) is 19.2. The number of ketones is 2. The minimum atomic E-state index is -3.98. The van der Waals surface area contributed by atoms with Crippen molar-refractivity contribution in [2.45, 2.75) is 65.6 Å². The van der Waals surface area contributed by atoms with Gasteiger partial charge in [-0.2, -0.15) is 0 Å². The van der Waals surface area contributed by atoms with E-state index in [1.54, 1.807) is 32.2 Å². The molecule has 0 radical (unpaired) electrons. The molecule has 0 unspecified atom stereocenters. The standard InChI is InChI=1S/C30H28BCl2F2N3O6S.C28H29F2N5O3S.C11H15BrN2.3H2/c1-6-12-45(41,42)37-22-11-10-21(34)24(25(22)35)26(39)18-15-38(28(40)23-19(32)8-7-9-20(23)33)27-17(18)13-16(14-36-27)31-43-29(2,3)30(4,5)44-31;1-3-14-39(37,38)33-24-9-8-23(29)25(26(24)30)27(36)22-17-32-28-21(22)15-19(16-31-28)18-4-6-20(7-5-18)35-12-10-34(2)11-13-35;1-13-6-8-14(9-7-13)11-4-2-10(12)3-5-11;;;/h7-11,13-15,37H,6,12H2,1-5H3;4-9,15-17,33H,3,10-14H2,1-2H3,(H,31,32);2-5H,6-9H2,1H3;3*1H. The second-order valence-electron chi connectivity index (χ2n) is 25.0. The van der Waals surface area contributed by atoms with Crippen LogP contribution in [0.5, 0.6) is 0 Å². The van der Waals surface area contributed by atoms with Crippen LogP contribution in [0.3, 0.4) is 0 Å². The highest BCUT2D eigenvalue weighted by Crippen LogP contribution is 2.38. The molecule has 3 aliphatic heterocycles. The molecule has 5 aromatic carbocycles. The van der Waals surface area contributed by atoms with Crippen molar-refractivity contribution in [1.82, 2.24) is 29.3 Å². The van der Waals surface area contributed by atoms with Crippen LogP contribution < -0.4 is 24.7 Å². The highest BCUT2D eigenvalue weighted by atomic mass is 79.9. The summed E-state index contributed by atoms with van der Waals surface area (Å²) in [4.78, 5) is 62.2. The number of fused-ring (bicyclic) bond motifs is 2. The Labute approximate surface area is 589 Å². The SMILES string of the molecule is CCCS(=O)(=O)Nc1ccc(F)c(C(=O)c2c[nH]c3ncc(-c4ccc(N5CCN(C)CC5)cc4)cc23)c1F.CCCS(=O)(=O)Nc1ccc(F)c(C(=O)c2cn(C(=O)c3c(Cl)cccc3Cl)c3ncc(B4OC(C)(C)C(C)(C)O4)cc23)c1F.CN1CCN(c2ccc(Br)cc2)CC1.[HH].[HH].[HH]. The number of halogens is 7. The summed E-state index contributed by atoms with van der Waals surface area (Å²) < 4.78 is 128. The number of rotatable bonds is 17. The first-order valence-electron chi connectivity index (χ1n) is 31.5. The van der Waals surface area contributed by atoms with E-state index in [1.165, 1.54) is 36.3 Å². The number of H-pyrrole nitrogens is 1. The molecule has 9 aromatic rings. The number of sulfonamides is 2. The maximum absolute atomic E-state index is 15.7. The Balaban J connectivity index is 0.000000233. The number of carbonyl (C=O) groups excluding carboxylic acids is 3. The van der Waals surface area contributed by atoms with Gasteiger partial charge in [0.15, 0.2) is 11.6 Å². The molecule has 0 bridgehead atoms. The lowest BCUT2D eigenvalue weighted by molar-refractivity contribution is 0.00578. The summed E-state index contributed by atoms with van der Waals surface area (Å²) in [5.41, 5.74) is 0.0443. The minimum absolute atomic E-state index is 0. The Kier molecular flexibility index (Phi) is 22.3. The highest BCUT2D eigenvalue weighted by Gasteiger charge is 2.52. The molecule has 0 saturated carbocycles. The molecular weight excluding hydrogens is 1410 g/mol. The van der Waals surface area contributed by atoms with Crippen LogP contribution in [0.2, 0.25) is 10.0 Å². The second kappa shape index (κ2) is 30.0. The number of aromatic amines is 1. The van der Waals surface area contributed by atoms with Crippen molar-refractivity contribution in [3.05, 3.63) is 194 Å². The summed E-state index contributed by atoms with van der Waals surface area (Å²) in [6, 6.07) is 27.8. The molecule has 0 amide bonds. The lowest BCUT2D eigenvalue weighted by atomic mass is 9.79. The van der Waals surface area contributed by atoms with Crippen molar-refractivity contribution in [3.8, 4) is 11.1 Å². The third kappa shape index (κ3) is 16.1. The Hall–Kier alpha value is -7.73. The number of carbonyl (C=O) groups is 3. The van der Waals surface area contributed by atoms with E-state index in [-0.39, 0.29) is 60.0 Å². The molecule has 3 N–H and O–H groups in total. The van der Waals surface area contributed by atoms with E-state index in [9.17, 15) is 35.6 Å². The van der Waals surface area contributed by atoms with Crippen molar-refractivity contribution in [2.24, 2.45) is 0 Å². The Bertz CT molecular complexity index is 4710. The van der Waals surface area contributed by atoms with E-state index in [1.807, 2.05) is 52.0 Å². The number of likely N-dealkylation sites (N-methyl/N-ethyl adjacent to an activating group) is 2. The van der Waals surface area contributed by atoms with Gasteiger partial charge in [-0.3, -0.25) is 28.4 Å². The van der Waals surface area contributed by atoms with Crippen molar-refractivity contribution in [3.63, 3.8) is 0 Å². The van der Waals surface area contributed by atoms with Crippen LogP contribution in [0.4, 0.5) is 40.3 Å². The van der Waals surface area contributed by atoms with Crippen molar-refractivity contribution in [2.75, 3.05) is 97.2 Å². The average molecular weight is 1490 g/mol. The van der Waals surface area contributed by atoms with E-state index >= 15 is 13.2 Å². The van der Waals surface area contributed by atoms with E-state index in [0.717, 1.165) is 109 Å². The predicted octanol–water partition coefficient (Wildman–Crippen LogP) is 13.6. The number of benzene rings is 5. The summed E-state index contributed by atoms with van der Waals surface area (Å²) in [5, 5.41) is 0.497. The monoisotopic (exact) mass is 1490 g/mol. The third-order valence-corrected chi connectivity index (χ3v) is 21.6. The zero-order chi connectivity index (χ0) is 70.8. The maximum atomic E-state index is 15.7. The average Bonchev–Trinajstić information content (AvgIpc) is 1.61. The number of nitrogens with one attached hydrogen (secondary N) is 3. The first-order chi connectivity index (χ1) is 46.4. The van der Waals surface area contributed by atoms with Crippen LogP contribution in [0.15, 0.2) is 132 Å². The predicted molar refractivity (Wildman–Crippen MR) is 388 cm³/mol. The topological polar surface area (TPSA) is 221 Å². The van der Waals surface area contributed by atoms with Gasteiger partial charge in [-0.15, -0.1) is 0 Å². The minimum Gasteiger partial charge on any atom is -0.399 e. The Morgan fingerprint density at radius 2 is 1.10 bits per heavy atom. The van der Waals surface area contributed by atoms with Crippen LogP contribution in [0.1, 0.15) is 101 Å². The molecule has 98 heavy (non-hydrogen) atoms. The van der Waals surface area contributed by atoms with Crippen molar-refractivity contribution >= 4 is 134 Å². The molecule has 29 heteroatoms. The van der Waals surface area contributed by atoms with Gasteiger partial charge in [0.05, 0.1) is 66.4 Å². The van der Waals surface area contributed by atoms with E-state index in [2.05, 4.69) is 98.3 Å². The normalized spacial score (nSPS) is 15.8. The number of aromatic nitrogens is 4. The number of pyridine rings is 2. The fourth-order valence-electron chi connectivity index (χ4n) is 11.3. The number of hydrogen-bond acceptors (Lipinski definition) is 15. The number of hydrogen-bond donors (Lipinski definition) is 3. The smallest absolute Gasteiger partial charge is 0.399 e. The maximum Gasteiger partial charge on any atom is 0.496 e. The van der Waals surface area contributed by atoms with Crippen LogP contribution >= 0.6 is 39.1 Å². The molecular formula is C69H78BBrCl2F4N10O9S2. The first-order valence-corrected chi connectivity index (χ1v) is 36.4. The molecule has 12 rings (SSSR count). The first kappa shape index (κ1) is 73.0. The van der Waals surface area contributed by atoms with Gasteiger partial charge in [0.25, 0.3) is 5.91 Å². The summed E-state index contributed by atoms with van der Waals surface area (Å²) in [6.07, 6.45) is 6.07. The summed E-state index contributed by atoms with van der Waals surface area (Å²) in [5.74, 6) is -8.42. The summed E-state index contributed by atoms with van der Waals surface area (Å²) in [7, 11) is -4.45. The Morgan fingerprint density at radius 1 is 0.622 bits per heavy atom. The van der Waals surface area contributed by atoms with Crippen LogP contribution in [-0.4, -0.2) is 160 Å². The van der Waals surface area contributed by atoms with Crippen molar-refractivity contribution in [1.29, 1.82) is 0 Å². The van der Waals surface area contributed by atoms with Crippen LogP contribution in [0, 0.1) is 23.3 Å². The van der Waals surface area contributed by atoms with Gasteiger partial charge < -0.3 is 33.9 Å². The lowest BCUT2D eigenvalue weighted by Crippen LogP contribution is -2.44. The zero-order valence-corrected chi connectivity index (χ0v) is 59.7. The molecule has 4 aromatic heterocycles.